The predicted octanol–water partition coefficient (Wildman–Crippen LogP) is 5.01. The van der Waals surface area contributed by atoms with Gasteiger partial charge in [0.1, 0.15) is 11.2 Å². The van der Waals surface area contributed by atoms with Gasteiger partial charge >= 0.3 is 5.97 Å². The first kappa shape index (κ1) is 23.0. The van der Waals surface area contributed by atoms with Gasteiger partial charge in [0.2, 0.25) is 0 Å². The zero-order chi connectivity index (χ0) is 24.9. The minimum absolute atomic E-state index is 0.102. The lowest BCUT2D eigenvalue weighted by atomic mass is 10.0. The van der Waals surface area contributed by atoms with Crippen LogP contribution in [0.5, 0.6) is 0 Å². The number of halogens is 1. The van der Waals surface area contributed by atoms with Crippen LogP contribution in [0.2, 0.25) is 5.15 Å². The van der Waals surface area contributed by atoms with Crippen LogP contribution in [0.1, 0.15) is 55.9 Å². The summed E-state index contributed by atoms with van der Waals surface area (Å²) >= 11 is 7.55. The number of hydrogen-bond acceptors (Lipinski definition) is 9. The molecule has 9 nitrogen and oxygen atoms in total. The molecule has 0 aliphatic carbocycles. The Bertz CT molecular complexity index is 1520. The summed E-state index contributed by atoms with van der Waals surface area (Å²) in [7, 11) is 0. The number of thiazole rings is 1. The highest BCUT2D eigenvalue weighted by atomic mass is 35.5. The molecular formula is C24H20ClN7O2S. The van der Waals surface area contributed by atoms with E-state index in [1.54, 1.807) is 17.4 Å². The molecule has 5 rings (SSSR count). The van der Waals surface area contributed by atoms with Crippen molar-refractivity contribution in [3.63, 3.8) is 0 Å². The number of hydrogen-bond donors (Lipinski definition) is 2. The van der Waals surface area contributed by atoms with E-state index < -0.39 is 5.97 Å². The molecular weight excluding hydrogens is 486 g/mol. The van der Waals surface area contributed by atoms with E-state index >= 15 is 0 Å². The van der Waals surface area contributed by atoms with Gasteiger partial charge in [0.05, 0.1) is 46.6 Å². The van der Waals surface area contributed by atoms with Gasteiger partial charge in [-0.15, -0.1) is 11.3 Å². The highest BCUT2D eigenvalue weighted by Gasteiger charge is 2.27. The third-order valence-electron chi connectivity index (χ3n) is 5.79. The number of benzene rings is 1. The third kappa shape index (κ3) is 4.24. The summed E-state index contributed by atoms with van der Waals surface area (Å²) < 4.78 is 0. The van der Waals surface area contributed by atoms with Crippen LogP contribution in [-0.2, 0) is 13.1 Å². The van der Waals surface area contributed by atoms with Crippen molar-refractivity contribution in [2.45, 2.75) is 39.9 Å². The number of aryl methyl sites for hydroxylation is 2. The topological polar surface area (TPSA) is 128 Å². The molecule has 1 aliphatic heterocycles. The lowest BCUT2D eigenvalue weighted by molar-refractivity contribution is 0.0691. The van der Waals surface area contributed by atoms with Crippen molar-refractivity contribution in [3.05, 3.63) is 67.5 Å². The van der Waals surface area contributed by atoms with E-state index in [-0.39, 0.29) is 22.6 Å². The van der Waals surface area contributed by atoms with Crippen LogP contribution in [0.15, 0.2) is 24.3 Å². The van der Waals surface area contributed by atoms with Crippen LogP contribution in [0.25, 0.3) is 11.0 Å². The molecule has 3 aromatic heterocycles. The number of pyridine rings is 1. The Kier molecular flexibility index (Phi) is 5.75. The number of nitriles is 1. The molecule has 0 radical (unpaired) electrons. The van der Waals surface area contributed by atoms with E-state index in [9.17, 15) is 15.2 Å². The average Bonchev–Trinajstić information content (AvgIpc) is 3.36. The molecule has 0 bridgehead atoms. The van der Waals surface area contributed by atoms with Crippen LogP contribution in [0.4, 0.5) is 11.5 Å². The minimum atomic E-state index is -1.18. The SMILES string of the molecule is Cc1cc([C@@H](C)Nc2ccc(Cl)nc2C(=O)O)c2nc(N3Cc4nc(C)sc4C3)c(C#N)nc2c1. The van der Waals surface area contributed by atoms with E-state index in [2.05, 4.69) is 26.3 Å². The van der Waals surface area contributed by atoms with Gasteiger partial charge in [0.15, 0.2) is 17.2 Å². The molecule has 1 aromatic carbocycles. The van der Waals surface area contributed by atoms with Gasteiger partial charge in [0, 0.05) is 10.4 Å². The van der Waals surface area contributed by atoms with Crippen molar-refractivity contribution in [2.75, 3.05) is 10.2 Å². The normalized spacial score (nSPS) is 13.5. The smallest absolute Gasteiger partial charge is 0.356 e. The van der Waals surface area contributed by atoms with Gasteiger partial charge in [0.25, 0.3) is 0 Å². The van der Waals surface area contributed by atoms with Crippen molar-refractivity contribution < 1.29 is 9.90 Å². The number of carboxylic acids is 1. The first-order valence-electron chi connectivity index (χ1n) is 10.8. The van der Waals surface area contributed by atoms with E-state index in [1.807, 2.05) is 37.8 Å². The summed E-state index contributed by atoms with van der Waals surface area (Å²) in [6.07, 6.45) is 0. The van der Waals surface area contributed by atoms with Gasteiger partial charge < -0.3 is 15.3 Å². The minimum Gasteiger partial charge on any atom is -0.476 e. The Morgan fingerprint density at radius 1 is 1.23 bits per heavy atom. The second-order valence-corrected chi connectivity index (χ2v) is 10.1. The number of carboxylic acid groups (broad SMARTS) is 1. The molecule has 1 aliphatic rings. The Balaban J connectivity index is 1.57. The number of carbonyl (C=O) groups is 1. The summed E-state index contributed by atoms with van der Waals surface area (Å²) in [6.45, 7) is 7.04. The fraction of sp³-hybridized carbons (Fsp3) is 0.250. The second kappa shape index (κ2) is 8.76. The lowest BCUT2D eigenvalue weighted by Crippen LogP contribution is -2.19. The molecule has 0 fully saturated rings. The van der Waals surface area contributed by atoms with Crippen LogP contribution in [0.3, 0.4) is 0 Å². The third-order valence-corrected chi connectivity index (χ3v) is 7.00. The van der Waals surface area contributed by atoms with E-state index in [0.29, 0.717) is 35.6 Å². The fourth-order valence-corrected chi connectivity index (χ4v) is 5.40. The van der Waals surface area contributed by atoms with E-state index in [4.69, 9.17) is 16.6 Å². The monoisotopic (exact) mass is 505 g/mol. The Labute approximate surface area is 210 Å². The summed E-state index contributed by atoms with van der Waals surface area (Å²) in [6, 6.07) is 8.87. The summed E-state index contributed by atoms with van der Waals surface area (Å²) in [5.74, 6) is -0.665. The maximum absolute atomic E-state index is 11.7. The molecule has 4 heterocycles. The number of nitrogens with zero attached hydrogens (tertiary/aromatic N) is 6. The first-order valence-corrected chi connectivity index (χ1v) is 12.0. The molecule has 2 N–H and O–H groups in total. The average molecular weight is 506 g/mol. The van der Waals surface area contributed by atoms with Crippen LogP contribution in [0, 0.1) is 25.2 Å². The maximum atomic E-state index is 11.7. The van der Waals surface area contributed by atoms with Gasteiger partial charge in [-0.25, -0.2) is 24.7 Å². The quantitative estimate of drug-likeness (QED) is 0.359. The van der Waals surface area contributed by atoms with Crippen molar-refractivity contribution in [1.82, 2.24) is 19.9 Å². The summed E-state index contributed by atoms with van der Waals surface area (Å²) in [5, 5.41) is 23.7. The number of anilines is 2. The number of fused-ring (bicyclic) bond motifs is 2. The Morgan fingerprint density at radius 3 is 2.74 bits per heavy atom. The maximum Gasteiger partial charge on any atom is 0.356 e. The van der Waals surface area contributed by atoms with Crippen molar-refractivity contribution in [1.29, 1.82) is 5.26 Å². The number of aromatic carboxylic acids is 1. The molecule has 176 valence electrons. The largest absolute Gasteiger partial charge is 0.476 e. The molecule has 4 aromatic rings. The molecule has 0 unspecified atom stereocenters. The zero-order valence-electron chi connectivity index (χ0n) is 19.1. The number of aromatic nitrogens is 4. The van der Waals surface area contributed by atoms with Crippen molar-refractivity contribution in [2.24, 2.45) is 0 Å². The summed E-state index contributed by atoms with van der Waals surface area (Å²) in [5.41, 5.74) is 4.47. The highest BCUT2D eigenvalue weighted by Crippen LogP contribution is 2.35. The van der Waals surface area contributed by atoms with E-state index in [0.717, 1.165) is 21.8 Å². The van der Waals surface area contributed by atoms with Crippen molar-refractivity contribution in [3.8, 4) is 6.07 Å². The predicted molar refractivity (Wildman–Crippen MR) is 134 cm³/mol. The number of rotatable bonds is 5. The molecule has 1 atom stereocenters. The zero-order valence-corrected chi connectivity index (χ0v) is 20.7. The molecule has 0 spiro atoms. The molecule has 35 heavy (non-hydrogen) atoms. The molecule has 0 amide bonds. The van der Waals surface area contributed by atoms with Crippen molar-refractivity contribution >= 4 is 51.4 Å². The highest BCUT2D eigenvalue weighted by molar-refractivity contribution is 7.11. The van der Waals surface area contributed by atoms with Crippen LogP contribution in [-0.4, -0.2) is 31.0 Å². The fourth-order valence-electron chi connectivity index (χ4n) is 4.29. The van der Waals surface area contributed by atoms with Crippen LogP contribution < -0.4 is 10.2 Å². The van der Waals surface area contributed by atoms with Gasteiger partial charge in [-0.1, -0.05) is 17.7 Å². The van der Waals surface area contributed by atoms with Gasteiger partial charge in [-0.2, -0.15) is 5.26 Å². The molecule has 11 heteroatoms. The van der Waals surface area contributed by atoms with Gasteiger partial charge in [-0.3, -0.25) is 0 Å². The second-order valence-electron chi connectivity index (χ2n) is 8.39. The first-order chi connectivity index (χ1) is 16.7. The van der Waals surface area contributed by atoms with Gasteiger partial charge in [-0.05, 0) is 44.5 Å². The lowest BCUT2D eigenvalue weighted by Gasteiger charge is -2.21. The Morgan fingerprint density at radius 2 is 2.03 bits per heavy atom. The van der Waals surface area contributed by atoms with E-state index in [1.165, 1.54) is 10.9 Å². The summed E-state index contributed by atoms with van der Waals surface area (Å²) in [4.78, 5) is 33.0. The standard InChI is InChI=1S/C24H20ClN7O2S/c1-11-6-14(12(2)27-15-4-5-20(25)30-22(15)24(33)34)21-16(7-11)29-17(8-26)23(31-21)32-9-18-19(10-32)35-13(3)28-18/h4-7,12,27H,9-10H2,1-3H3,(H,33,34)/t12-/m1/s1. The number of nitrogens with one attached hydrogen (secondary N) is 1. The Hall–Kier alpha value is -3.81. The van der Waals surface area contributed by atoms with Crippen LogP contribution >= 0.6 is 22.9 Å². The molecule has 0 saturated carbocycles. The molecule has 0 saturated heterocycles.